The van der Waals surface area contributed by atoms with E-state index in [0.717, 1.165) is 9.75 Å². The summed E-state index contributed by atoms with van der Waals surface area (Å²) < 4.78 is 42.7. The number of sulfonamides is 1. The molecule has 2 aliphatic rings. The van der Waals surface area contributed by atoms with Crippen LogP contribution < -0.4 is 0 Å². The van der Waals surface area contributed by atoms with E-state index >= 15 is 0 Å². The number of hydrogen-bond donors (Lipinski definition) is 0. The summed E-state index contributed by atoms with van der Waals surface area (Å²) in [5, 5.41) is 0. The third kappa shape index (κ3) is 3.91. The average molecular weight is 448 g/mol. The highest BCUT2D eigenvalue weighted by Crippen LogP contribution is 2.34. The molecule has 1 aromatic heterocycles. The van der Waals surface area contributed by atoms with E-state index in [2.05, 4.69) is 4.40 Å². The van der Waals surface area contributed by atoms with Crippen molar-refractivity contribution in [2.24, 2.45) is 4.40 Å². The van der Waals surface area contributed by atoms with E-state index in [4.69, 9.17) is 0 Å². The van der Waals surface area contributed by atoms with Crippen molar-refractivity contribution in [2.45, 2.75) is 20.3 Å². The molecule has 0 spiro atoms. The molecule has 2 aliphatic heterocycles. The van der Waals surface area contributed by atoms with Gasteiger partial charge in [0.2, 0.25) is 0 Å². The fraction of sp³-hybridized carbons (Fsp3) is 0.333. The number of rotatable bonds is 2. The summed E-state index contributed by atoms with van der Waals surface area (Å²) in [7, 11) is -3.86. The molecular formula is C21H22FN3O3S2. The molecule has 9 heteroatoms. The van der Waals surface area contributed by atoms with Gasteiger partial charge in [-0.25, -0.2) is 4.39 Å². The van der Waals surface area contributed by atoms with Crippen molar-refractivity contribution in [3.05, 3.63) is 63.1 Å². The number of amidine groups is 1. The molecule has 0 radical (unpaired) electrons. The van der Waals surface area contributed by atoms with Crippen LogP contribution in [0.2, 0.25) is 0 Å². The number of amides is 1. The minimum Gasteiger partial charge on any atom is -0.354 e. The van der Waals surface area contributed by atoms with Crippen molar-refractivity contribution in [3.8, 4) is 0 Å². The molecule has 2 aromatic rings. The first-order valence-electron chi connectivity index (χ1n) is 9.69. The van der Waals surface area contributed by atoms with Crippen LogP contribution in [0.3, 0.4) is 0 Å². The molecule has 1 amide bonds. The number of carbonyl (C=O) groups excluding carboxylic acids is 1. The van der Waals surface area contributed by atoms with Crippen molar-refractivity contribution >= 4 is 38.0 Å². The lowest BCUT2D eigenvalue weighted by molar-refractivity contribution is 0.0769. The van der Waals surface area contributed by atoms with E-state index in [1.807, 2.05) is 28.9 Å². The first-order valence-corrected chi connectivity index (χ1v) is 11.9. The van der Waals surface area contributed by atoms with E-state index in [1.54, 1.807) is 6.92 Å². The van der Waals surface area contributed by atoms with Crippen molar-refractivity contribution in [1.82, 2.24) is 9.80 Å². The van der Waals surface area contributed by atoms with Gasteiger partial charge in [0.1, 0.15) is 16.6 Å². The van der Waals surface area contributed by atoms with E-state index in [1.165, 1.54) is 35.6 Å². The van der Waals surface area contributed by atoms with Gasteiger partial charge in [0.05, 0.1) is 4.88 Å². The Bertz CT molecular complexity index is 1150. The van der Waals surface area contributed by atoms with Crippen LogP contribution in [0.5, 0.6) is 0 Å². The van der Waals surface area contributed by atoms with Crippen molar-refractivity contribution in [1.29, 1.82) is 0 Å². The maximum Gasteiger partial charge on any atom is 0.285 e. The Morgan fingerprint density at radius 1 is 1.03 bits per heavy atom. The van der Waals surface area contributed by atoms with Gasteiger partial charge in [-0.3, -0.25) is 4.79 Å². The smallest absolute Gasteiger partial charge is 0.285 e. The molecule has 1 aromatic carbocycles. The summed E-state index contributed by atoms with van der Waals surface area (Å²) in [6.45, 7) is 5.91. The Morgan fingerprint density at radius 3 is 2.43 bits per heavy atom. The van der Waals surface area contributed by atoms with Crippen LogP contribution in [0.15, 0.2) is 46.4 Å². The normalized spacial score (nSPS) is 19.1. The number of aryl methyl sites for hydroxylation is 1. The Labute approximate surface area is 179 Å². The predicted octanol–water partition coefficient (Wildman–Crippen LogP) is 3.52. The Hall–Kier alpha value is -2.52. The lowest BCUT2D eigenvalue weighted by atomic mass is 10.1. The molecule has 0 unspecified atom stereocenters. The minimum atomic E-state index is -3.86. The van der Waals surface area contributed by atoms with Crippen molar-refractivity contribution in [3.63, 3.8) is 0 Å². The Kier molecular flexibility index (Phi) is 5.50. The van der Waals surface area contributed by atoms with Gasteiger partial charge in [0.25, 0.3) is 15.9 Å². The van der Waals surface area contributed by atoms with Crippen LogP contribution in [-0.4, -0.2) is 56.1 Å². The minimum absolute atomic E-state index is 0.00944. The van der Waals surface area contributed by atoms with E-state index in [-0.39, 0.29) is 10.8 Å². The fourth-order valence-electron chi connectivity index (χ4n) is 3.82. The van der Waals surface area contributed by atoms with Crippen molar-refractivity contribution in [2.75, 3.05) is 26.2 Å². The second-order valence-corrected chi connectivity index (χ2v) is 10.2. The standard InChI is InChI=1S/C21H22FN3O3S2/c1-14-4-9-18(29-14)21(26)25-11-3-10-24(12-13-25)20-15(2)19(30(27,28)23-20)16-5-7-17(22)8-6-16/h4-9H,3,10-13H2,1-2H3. The molecule has 0 N–H and O–H groups in total. The molecule has 158 valence electrons. The van der Waals surface area contributed by atoms with Crippen LogP contribution in [0.25, 0.3) is 4.91 Å². The summed E-state index contributed by atoms with van der Waals surface area (Å²) >= 11 is 1.48. The van der Waals surface area contributed by atoms with Crippen molar-refractivity contribution < 1.29 is 17.6 Å². The molecular weight excluding hydrogens is 425 g/mol. The van der Waals surface area contributed by atoms with Crippen LogP contribution in [-0.2, 0) is 10.0 Å². The number of benzene rings is 1. The maximum atomic E-state index is 13.3. The highest BCUT2D eigenvalue weighted by atomic mass is 32.2. The van der Waals surface area contributed by atoms with Crippen LogP contribution in [0, 0.1) is 12.7 Å². The monoisotopic (exact) mass is 447 g/mol. The van der Waals surface area contributed by atoms with Crippen LogP contribution >= 0.6 is 11.3 Å². The zero-order valence-electron chi connectivity index (χ0n) is 16.8. The first kappa shape index (κ1) is 20.7. The molecule has 1 fully saturated rings. The zero-order chi connectivity index (χ0) is 21.5. The quantitative estimate of drug-likeness (QED) is 0.706. The summed E-state index contributed by atoms with van der Waals surface area (Å²) in [5.41, 5.74) is 0.975. The van der Waals surface area contributed by atoms with Gasteiger partial charge in [0, 0.05) is 36.6 Å². The lowest BCUT2D eigenvalue weighted by Crippen LogP contribution is -2.37. The summed E-state index contributed by atoms with van der Waals surface area (Å²) in [4.78, 5) is 18.4. The Balaban J connectivity index is 1.55. The summed E-state index contributed by atoms with van der Waals surface area (Å²) in [6.07, 6.45) is 0.717. The lowest BCUT2D eigenvalue weighted by Gasteiger charge is -2.23. The summed E-state index contributed by atoms with van der Waals surface area (Å²) in [5.74, 6) is -0.00228. The first-order chi connectivity index (χ1) is 14.3. The topological polar surface area (TPSA) is 70.1 Å². The number of halogens is 1. The van der Waals surface area contributed by atoms with E-state index < -0.39 is 15.8 Å². The molecule has 0 bridgehead atoms. The number of carbonyl (C=O) groups is 1. The fourth-order valence-corrected chi connectivity index (χ4v) is 6.14. The van der Waals surface area contributed by atoms with Gasteiger partial charge in [0.15, 0.2) is 0 Å². The SMILES string of the molecule is CC1=C(c2ccc(F)cc2)S(=O)(=O)N=C1N1CCCN(C(=O)c2ccc(C)s2)CC1. The predicted molar refractivity (Wildman–Crippen MR) is 116 cm³/mol. The van der Waals surface area contributed by atoms with E-state index in [0.29, 0.717) is 49.6 Å². The molecule has 0 aliphatic carbocycles. The molecule has 3 heterocycles. The summed E-state index contributed by atoms with van der Waals surface area (Å²) in [6, 6.07) is 9.17. The van der Waals surface area contributed by atoms with E-state index in [9.17, 15) is 17.6 Å². The van der Waals surface area contributed by atoms with Gasteiger partial charge in [-0.1, -0.05) is 12.1 Å². The molecule has 6 nitrogen and oxygen atoms in total. The Morgan fingerprint density at radius 2 is 1.77 bits per heavy atom. The third-order valence-corrected chi connectivity index (χ3v) is 7.74. The second-order valence-electron chi connectivity index (χ2n) is 7.39. The molecule has 30 heavy (non-hydrogen) atoms. The van der Waals surface area contributed by atoms with Gasteiger partial charge in [-0.15, -0.1) is 15.7 Å². The highest BCUT2D eigenvalue weighted by Gasteiger charge is 2.34. The zero-order valence-corrected chi connectivity index (χ0v) is 18.4. The van der Waals surface area contributed by atoms with Gasteiger partial charge in [-0.2, -0.15) is 8.42 Å². The molecule has 0 atom stereocenters. The third-order valence-electron chi connectivity index (χ3n) is 5.28. The maximum absolute atomic E-state index is 13.3. The van der Waals surface area contributed by atoms with Crippen LogP contribution in [0.1, 0.15) is 33.5 Å². The second kappa shape index (κ2) is 7.96. The highest BCUT2D eigenvalue weighted by molar-refractivity contribution is 8.00. The number of thiophene rings is 1. The number of nitrogens with zero attached hydrogens (tertiary/aromatic N) is 3. The number of hydrogen-bond acceptors (Lipinski definition) is 5. The van der Waals surface area contributed by atoms with Crippen LogP contribution in [0.4, 0.5) is 4.39 Å². The molecule has 1 saturated heterocycles. The largest absolute Gasteiger partial charge is 0.354 e. The van der Waals surface area contributed by atoms with Gasteiger partial charge >= 0.3 is 0 Å². The molecule has 4 rings (SSSR count). The van der Waals surface area contributed by atoms with Gasteiger partial charge < -0.3 is 9.80 Å². The average Bonchev–Trinajstić information content (AvgIpc) is 3.12. The van der Waals surface area contributed by atoms with Gasteiger partial charge in [-0.05, 0) is 50.1 Å². The molecule has 0 saturated carbocycles.